The van der Waals surface area contributed by atoms with Crippen molar-refractivity contribution in [3.8, 4) is 17.9 Å². The second-order valence-electron chi connectivity index (χ2n) is 2.92. The summed E-state index contributed by atoms with van der Waals surface area (Å²) in [5.74, 6) is 6.82. The Hall–Kier alpha value is -1.38. The van der Waals surface area contributed by atoms with Crippen molar-refractivity contribution in [3.63, 3.8) is 0 Å². The van der Waals surface area contributed by atoms with E-state index in [1.807, 2.05) is 19.1 Å². The second kappa shape index (κ2) is 5.37. The zero-order valence-electron chi connectivity index (χ0n) is 8.04. The first kappa shape index (κ1) is 10.7. The lowest BCUT2D eigenvalue weighted by Crippen LogP contribution is -1.83. The fourth-order valence-corrected chi connectivity index (χ4v) is 1.20. The first-order valence-electron chi connectivity index (χ1n) is 4.38. The maximum atomic E-state index is 8.73. The molecule has 0 aliphatic carbocycles. The lowest BCUT2D eigenvalue weighted by molar-refractivity contribution is 1.31. The molecule has 1 rings (SSSR count). The summed E-state index contributed by atoms with van der Waals surface area (Å²) in [6, 6.07) is 7.74. The predicted molar refractivity (Wildman–Crippen MR) is 61.2 cm³/mol. The molecule has 0 aromatic heterocycles. The van der Waals surface area contributed by atoms with Gasteiger partial charge in [0.25, 0.3) is 0 Å². The molecule has 0 fully saturated rings. The molecule has 1 aromatic rings. The van der Waals surface area contributed by atoms with Crippen molar-refractivity contribution in [1.82, 2.24) is 0 Å². The Bertz CT molecular complexity index is 418. The van der Waals surface area contributed by atoms with E-state index in [9.17, 15) is 0 Å². The summed E-state index contributed by atoms with van der Waals surface area (Å²) in [6.45, 7) is 1.92. The van der Waals surface area contributed by atoms with Crippen molar-refractivity contribution >= 4 is 12.6 Å². The van der Waals surface area contributed by atoms with Crippen LogP contribution in [0, 0.1) is 30.1 Å². The summed E-state index contributed by atoms with van der Waals surface area (Å²) in [5.41, 5.74) is 2.65. The Balaban J connectivity index is 2.89. The maximum absolute atomic E-state index is 8.73. The van der Waals surface area contributed by atoms with Gasteiger partial charge < -0.3 is 0 Å². The van der Waals surface area contributed by atoms with Gasteiger partial charge in [-0.25, -0.2) is 0 Å². The van der Waals surface area contributed by atoms with Gasteiger partial charge in [-0.2, -0.15) is 17.9 Å². The molecular weight excluding hydrogens is 190 g/mol. The van der Waals surface area contributed by atoms with Crippen LogP contribution >= 0.6 is 12.6 Å². The highest BCUT2D eigenvalue weighted by Gasteiger charge is 1.96. The monoisotopic (exact) mass is 201 g/mol. The molecule has 14 heavy (non-hydrogen) atoms. The lowest BCUT2D eigenvalue weighted by atomic mass is 10.1. The van der Waals surface area contributed by atoms with E-state index in [1.165, 1.54) is 0 Å². The highest BCUT2D eigenvalue weighted by Crippen LogP contribution is 2.08. The molecule has 0 atom stereocenters. The first-order valence-corrected chi connectivity index (χ1v) is 5.01. The topological polar surface area (TPSA) is 23.8 Å². The molecular formula is C12H11NS. The van der Waals surface area contributed by atoms with Crippen molar-refractivity contribution in [1.29, 1.82) is 5.26 Å². The molecule has 0 heterocycles. The maximum Gasteiger partial charge on any atom is 0.0994 e. The van der Waals surface area contributed by atoms with E-state index < -0.39 is 0 Å². The average molecular weight is 201 g/mol. The summed E-state index contributed by atoms with van der Waals surface area (Å²) in [6.07, 6.45) is 0.794. The molecule has 1 aromatic carbocycles. The number of benzene rings is 1. The van der Waals surface area contributed by atoms with Crippen LogP contribution < -0.4 is 0 Å². The third-order valence-electron chi connectivity index (χ3n) is 1.82. The van der Waals surface area contributed by atoms with E-state index in [1.54, 1.807) is 6.07 Å². The van der Waals surface area contributed by atoms with Crippen LogP contribution in [-0.4, -0.2) is 5.75 Å². The summed E-state index contributed by atoms with van der Waals surface area (Å²) in [7, 11) is 0. The Morgan fingerprint density at radius 2 is 2.21 bits per heavy atom. The molecule has 0 spiro atoms. The summed E-state index contributed by atoms with van der Waals surface area (Å²) >= 11 is 4.07. The van der Waals surface area contributed by atoms with E-state index in [0.717, 1.165) is 23.3 Å². The number of thiol groups is 1. The summed E-state index contributed by atoms with van der Waals surface area (Å²) in [5, 5.41) is 8.73. The fourth-order valence-electron chi connectivity index (χ4n) is 1.09. The minimum absolute atomic E-state index is 0.713. The smallest absolute Gasteiger partial charge is 0.0994 e. The van der Waals surface area contributed by atoms with Gasteiger partial charge in [0.15, 0.2) is 0 Å². The van der Waals surface area contributed by atoms with Crippen LogP contribution in [0.3, 0.4) is 0 Å². The minimum atomic E-state index is 0.713. The number of hydrogen-bond donors (Lipinski definition) is 1. The largest absolute Gasteiger partial charge is 0.192 e. The van der Waals surface area contributed by atoms with Crippen LogP contribution in [0.15, 0.2) is 18.2 Å². The van der Waals surface area contributed by atoms with Crippen molar-refractivity contribution in [3.05, 3.63) is 34.9 Å². The summed E-state index contributed by atoms with van der Waals surface area (Å²) < 4.78 is 0. The van der Waals surface area contributed by atoms with E-state index in [0.29, 0.717) is 5.56 Å². The molecule has 0 saturated heterocycles. The number of rotatable bonds is 1. The molecule has 0 bridgehead atoms. The highest BCUT2D eigenvalue weighted by atomic mass is 32.1. The number of aryl methyl sites for hydroxylation is 1. The molecule has 0 N–H and O–H groups in total. The Labute approximate surface area is 90.2 Å². The van der Waals surface area contributed by atoms with Crippen molar-refractivity contribution < 1.29 is 0 Å². The zero-order valence-corrected chi connectivity index (χ0v) is 8.94. The Kier molecular flexibility index (Phi) is 4.11. The SMILES string of the molecule is Cc1cc(C#CCCS)ccc1C#N. The van der Waals surface area contributed by atoms with E-state index >= 15 is 0 Å². The molecule has 0 radical (unpaired) electrons. The zero-order chi connectivity index (χ0) is 10.4. The van der Waals surface area contributed by atoms with Crippen molar-refractivity contribution in [2.75, 3.05) is 5.75 Å². The van der Waals surface area contributed by atoms with Gasteiger partial charge in [-0.3, -0.25) is 0 Å². The highest BCUT2D eigenvalue weighted by molar-refractivity contribution is 7.80. The normalized spacial score (nSPS) is 8.64. The molecule has 70 valence electrons. The molecule has 1 nitrogen and oxygen atoms in total. The van der Waals surface area contributed by atoms with Gasteiger partial charge >= 0.3 is 0 Å². The summed E-state index contributed by atoms with van der Waals surface area (Å²) in [4.78, 5) is 0. The van der Waals surface area contributed by atoms with Crippen LogP contribution in [0.4, 0.5) is 0 Å². The second-order valence-corrected chi connectivity index (χ2v) is 3.36. The van der Waals surface area contributed by atoms with Gasteiger partial charge in [0.2, 0.25) is 0 Å². The van der Waals surface area contributed by atoms with Crippen LogP contribution in [0.5, 0.6) is 0 Å². The Morgan fingerprint density at radius 1 is 1.43 bits per heavy atom. The van der Waals surface area contributed by atoms with Gasteiger partial charge in [-0.15, -0.1) is 0 Å². The van der Waals surface area contributed by atoms with Gasteiger partial charge in [0.05, 0.1) is 11.6 Å². The molecule has 2 heteroatoms. The predicted octanol–water partition coefficient (Wildman–Crippen LogP) is 2.54. The average Bonchev–Trinajstić information content (AvgIpc) is 2.18. The molecule has 0 aliphatic rings. The van der Waals surface area contributed by atoms with E-state index in [4.69, 9.17) is 5.26 Å². The van der Waals surface area contributed by atoms with Crippen LogP contribution in [-0.2, 0) is 0 Å². The number of nitriles is 1. The van der Waals surface area contributed by atoms with Gasteiger partial charge in [-0.1, -0.05) is 11.8 Å². The molecule has 0 aliphatic heterocycles. The Morgan fingerprint density at radius 3 is 2.79 bits per heavy atom. The molecule has 0 amide bonds. The standard InChI is InChI=1S/C12H11NS/c1-10-8-11(4-2-3-7-14)5-6-12(10)9-13/h5-6,8,14H,3,7H2,1H3. The molecule has 0 saturated carbocycles. The first-order chi connectivity index (χ1) is 6.77. The fraction of sp³-hybridized carbons (Fsp3) is 0.250. The quantitative estimate of drug-likeness (QED) is 0.548. The lowest BCUT2D eigenvalue weighted by Gasteiger charge is -1.96. The van der Waals surface area contributed by atoms with Crippen LogP contribution in [0.25, 0.3) is 0 Å². The van der Waals surface area contributed by atoms with Crippen molar-refractivity contribution in [2.45, 2.75) is 13.3 Å². The minimum Gasteiger partial charge on any atom is -0.192 e. The van der Waals surface area contributed by atoms with Crippen LogP contribution in [0.1, 0.15) is 23.1 Å². The van der Waals surface area contributed by atoms with Gasteiger partial charge in [0.1, 0.15) is 0 Å². The molecule has 0 unspecified atom stereocenters. The number of nitrogens with zero attached hydrogens (tertiary/aromatic N) is 1. The van der Waals surface area contributed by atoms with Gasteiger partial charge in [0, 0.05) is 17.7 Å². The number of hydrogen-bond acceptors (Lipinski definition) is 2. The van der Waals surface area contributed by atoms with Gasteiger partial charge in [-0.05, 0) is 30.7 Å². The van der Waals surface area contributed by atoms with Crippen LogP contribution in [0.2, 0.25) is 0 Å². The van der Waals surface area contributed by atoms with E-state index in [2.05, 4.69) is 30.5 Å². The third-order valence-corrected chi connectivity index (χ3v) is 2.04. The van der Waals surface area contributed by atoms with E-state index in [-0.39, 0.29) is 0 Å². The third kappa shape index (κ3) is 2.83. The van der Waals surface area contributed by atoms with Crippen molar-refractivity contribution in [2.24, 2.45) is 0 Å².